The second-order valence-corrected chi connectivity index (χ2v) is 6.59. The molecule has 0 aliphatic heterocycles. The van der Waals surface area contributed by atoms with Gasteiger partial charge in [-0.05, 0) is 24.6 Å². The van der Waals surface area contributed by atoms with Crippen LogP contribution < -0.4 is 0 Å². The zero-order chi connectivity index (χ0) is 15.1. The van der Waals surface area contributed by atoms with Gasteiger partial charge in [0.05, 0.1) is 12.0 Å². The Hall–Kier alpha value is -1.23. The van der Waals surface area contributed by atoms with Crippen LogP contribution >= 0.6 is 34.8 Å². The van der Waals surface area contributed by atoms with Crippen LogP contribution in [0.1, 0.15) is 32.2 Å². The minimum Gasteiger partial charge on any atom is -0.461 e. The van der Waals surface area contributed by atoms with Crippen LogP contribution in [0.3, 0.4) is 0 Å². The van der Waals surface area contributed by atoms with E-state index < -0.39 is 9.58 Å². The lowest BCUT2D eigenvalue weighted by Gasteiger charge is -2.09. The zero-order valence-electron chi connectivity index (χ0n) is 10.6. The normalized spacial score (nSPS) is 11.7. The average molecular weight is 335 g/mol. The van der Waals surface area contributed by atoms with E-state index in [1.165, 1.54) is 23.1 Å². The van der Waals surface area contributed by atoms with E-state index in [0.717, 1.165) is 0 Å². The number of alkyl halides is 3. The monoisotopic (exact) mass is 333 g/mol. The molecule has 0 saturated heterocycles. The molecule has 0 radical (unpaired) electrons. The summed E-state index contributed by atoms with van der Waals surface area (Å²) in [6.45, 7) is 1.76. The highest BCUT2D eigenvalue weighted by Crippen LogP contribution is 2.31. The highest BCUT2D eigenvalue weighted by atomic mass is 35.6. The van der Waals surface area contributed by atoms with Crippen LogP contribution in [0.2, 0.25) is 0 Å². The van der Waals surface area contributed by atoms with E-state index in [2.05, 4.69) is 0 Å². The standard InChI is InChI=1S/C13H10Cl3NO3/c1-7-3-4-20-11(7)10(18)8-5-9(17(2)6-8)12(19)13(14,15)16/h3-6H,1-2H3. The largest absolute Gasteiger partial charge is 0.461 e. The summed E-state index contributed by atoms with van der Waals surface area (Å²) in [7, 11) is 1.59. The summed E-state index contributed by atoms with van der Waals surface area (Å²) >= 11 is 16.7. The maximum absolute atomic E-state index is 12.2. The number of nitrogens with zero attached hydrogens (tertiary/aromatic N) is 1. The number of hydrogen-bond acceptors (Lipinski definition) is 3. The number of rotatable bonds is 3. The third kappa shape index (κ3) is 2.77. The van der Waals surface area contributed by atoms with E-state index in [4.69, 9.17) is 39.2 Å². The van der Waals surface area contributed by atoms with Crippen molar-refractivity contribution in [1.29, 1.82) is 0 Å². The van der Waals surface area contributed by atoms with E-state index in [1.807, 2.05) is 0 Å². The van der Waals surface area contributed by atoms with Gasteiger partial charge in [0, 0.05) is 18.8 Å². The van der Waals surface area contributed by atoms with Crippen LogP contribution in [0.4, 0.5) is 0 Å². The van der Waals surface area contributed by atoms with Gasteiger partial charge in [-0.1, -0.05) is 34.8 Å². The Balaban J connectivity index is 2.40. The van der Waals surface area contributed by atoms with Crippen LogP contribution in [0.5, 0.6) is 0 Å². The molecule has 2 heterocycles. The SMILES string of the molecule is Cc1ccoc1C(=O)c1cc(C(=O)C(Cl)(Cl)Cl)n(C)c1. The van der Waals surface area contributed by atoms with E-state index >= 15 is 0 Å². The van der Waals surface area contributed by atoms with Crippen LogP contribution in [0.25, 0.3) is 0 Å². The number of hydrogen-bond donors (Lipinski definition) is 0. The summed E-state index contributed by atoms with van der Waals surface area (Å²) in [5, 5.41) is 0. The molecule has 4 nitrogen and oxygen atoms in total. The Morgan fingerprint density at radius 1 is 1.30 bits per heavy atom. The zero-order valence-corrected chi connectivity index (χ0v) is 12.9. The fraction of sp³-hybridized carbons (Fsp3) is 0.231. The highest BCUT2D eigenvalue weighted by molar-refractivity contribution is 6.77. The van der Waals surface area contributed by atoms with Crippen LogP contribution in [-0.2, 0) is 7.05 Å². The van der Waals surface area contributed by atoms with Crippen molar-refractivity contribution in [3.8, 4) is 0 Å². The number of Topliss-reactive ketones (excluding diaryl/α,β-unsaturated/α-hetero) is 1. The summed E-state index contributed by atoms with van der Waals surface area (Å²) in [5.74, 6) is -0.796. The second-order valence-electron chi connectivity index (χ2n) is 4.31. The Morgan fingerprint density at radius 2 is 1.95 bits per heavy atom. The topological polar surface area (TPSA) is 52.2 Å². The fourth-order valence-corrected chi connectivity index (χ4v) is 2.09. The van der Waals surface area contributed by atoms with Gasteiger partial charge >= 0.3 is 0 Å². The van der Waals surface area contributed by atoms with Crippen LogP contribution in [0.15, 0.2) is 29.0 Å². The maximum atomic E-state index is 12.2. The molecule has 106 valence electrons. The smallest absolute Gasteiger partial charge is 0.255 e. The third-order valence-electron chi connectivity index (χ3n) is 2.83. The van der Waals surface area contributed by atoms with Gasteiger partial charge in [0.2, 0.25) is 11.6 Å². The minimum atomic E-state index is -2.06. The van der Waals surface area contributed by atoms with Crippen molar-refractivity contribution in [2.75, 3.05) is 0 Å². The Labute approximate surface area is 130 Å². The van der Waals surface area contributed by atoms with Gasteiger partial charge in [-0.2, -0.15) is 0 Å². The van der Waals surface area contributed by atoms with E-state index in [1.54, 1.807) is 20.0 Å². The molecule has 0 atom stereocenters. The highest BCUT2D eigenvalue weighted by Gasteiger charge is 2.34. The third-order valence-corrected chi connectivity index (χ3v) is 3.34. The summed E-state index contributed by atoms with van der Waals surface area (Å²) in [4.78, 5) is 24.2. The first-order valence-electron chi connectivity index (χ1n) is 5.58. The second kappa shape index (κ2) is 5.28. The Kier molecular flexibility index (Phi) is 4.00. The molecule has 0 aliphatic carbocycles. The number of halogens is 3. The maximum Gasteiger partial charge on any atom is 0.255 e. The van der Waals surface area contributed by atoms with Gasteiger partial charge in [0.1, 0.15) is 0 Å². The molecule has 2 aromatic rings. The number of aryl methyl sites for hydroxylation is 2. The van der Waals surface area contributed by atoms with Crippen molar-refractivity contribution in [1.82, 2.24) is 4.57 Å². The van der Waals surface area contributed by atoms with Gasteiger partial charge in [-0.15, -0.1) is 0 Å². The number of carbonyl (C=O) groups is 2. The predicted octanol–water partition coefficient (Wildman–Crippen LogP) is 3.71. The van der Waals surface area contributed by atoms with E-state index in [9.17, 15) is 9.59 Å². The summed E-state index contributed by atoms with van der Waals surface area (Å²) < 4.78 is 4.51. The van der Waals surface area contributed by atoms with Gasteiger partial charge in [-0.25, -0.2) is 0 Å². The molecule has 0 N–H and O–H groups in total. The molecular formula is C13H10Cl3NO3. The van der Waals surface area contributed by atoms with E-state index in [-0.39, 0.29) is 17.2 Å². The van der Waals surface area contributed by atoms with Crippen LogP contribution in [0, 0.1) is 6.92 Å². The van der Waals surface area contributed by atoms with Crippen molar-refractivity contribution in [3.63, 3.8) is 0 Å². The Morgan fingerprint density at radius 3 is 2.45 bits per heavy atom. The lowest BCUT2D eigenvalue weighted by Crippen LogP contribution is -2.21. The first-order chi connectivity index (χ1) is 9.21. The quantitative estimate of drug-likeness (QED) is 0.635. The molecule has 0 bridgehead atoms. The number of aromatic nitrogens is 1. The van der Waals surface area contributed by atoms with Crippen molar-refractivity contribution in [2.45, 2.75) is 10.7 Å². The lowest BCUT2D eigenvalue weighted by atomic mass is 10.1. The van der Waals surface area contributed by atoms with Crippen molar-refractivity contribution < 1.29 is 14.0 Å². The lowest BCUT2D eigenvalue weighted by molar-refractivity contribution is 0.0988. The van der Waals surface area contributed by atoms with E-state index in [0.29, 0.717) is 11.1 Å². The van der Waals surface area contributed by atoms with Crippen molar-refractivity contribution >= 4 is 46.4 Å². The Bertz CT molecular complexity index is 679. The first-order valence-corrected chi connectivity index (χ1v) is 6.72. The van der Waals surface area contributed by atoms with Gasteiger partial charge in [-0.3, -0.25) is 9.59 Å². The molecule has 0 spiro atoms. The molecule has 7 heteroatoms. The van der Waals surface area contributed by atoms with Crippen molar-refractivity contribution in [3.05, 3.63) is 47.2 Å². The van der Waals surface area contributed by atoms with Gasteiger partial charge in [0.25, 0.3) is 3.79 Å². The minimum absolute atomic E-state index is 0.137. The number of furan rings is 1. The molecule has 0 unspecified atom stereocenters. The van der Waals surface area contributed by atoms with Gasteiger partial charge < -0.3 is 8.98 Å². The molecule has 0 saturated carbocycles. The molecule has 0 aliphatic rings. The molecular weight excluding hydrogens is 325 g/mol. The molecule has 2 rings (SSSR count). The van der Waals surface area contributed by atoms with Crippen LogP contribution in [-0.4, -0.2) is 19.9 Å². The number of ketones is 2. The van der Waals surface area contributed by atoms with Gasteiger partial charge in [0.15, 0.2) is 5.76 Å². The number of carbonyl (C=O) groups excluding carboxylic acids is 2. The molecule has 20 heavy (non-hydrogen) atoms. The molecule has 0 amide bonds. The first kappa shape index (κ1) is 15.2. The fourth-order valence-electron chi connectivity index (χ4n) is 1.80. The summed E-state index contributed by atoms with van der Waals surface area (Å²) in [5.41, 5.74) is 1.15. The summed E-state index contributed by atoms with van der Waals surface area (Å²) in [6.07, 6.45) is 2.92. The van der Waals surface area contributed by atoms with Crippen molar-refractivity contribution in [2.24, 2.45) is 7.05 Å². The molecule has 0 fully saturated rings. The molecule has 0 aromatic carbocycles. The average Bonchev–Trinajstić information content (AvgIpc) is 2.92. The predicted molar refractivity (Wildman–Crippen MR) is 76.9 cm³/mol. The summed E-state index contributed by atoms with van der Waals surface area (Å²) in [6, 6.07) is 3.07. The molecule has 2 aromatic heterocycles.